The number of rotatable bonds is 4. The van der Waals surface area contributed by atoms with E-state index in [1.165, 1.54) is 0 Å². The van der Waals surface area contributed by atoms with Gasteiger partial charge in [0.15, 0.2) is 0 Å². The van der Waals surface area contributed by atoms with Crippen LogP contribution in [-0.4, -0.2) is 10.1 Å². The topological polar surface area (TPSA) is 42.4 Å². The van der Waals surface area contributed by atoms with Crippen LogP contribution in [0.1, 0.15) is 5.56 Å². The average molecular weight is 283 g/mol. The molecule has 1 aromatic carbocycles. The number of hydrogen-bond donors (Lipinski definition) is 1. The molecule has 0 radical (unpaired) electrons. The van der Waals surface area contributed by atoms with Crippen LogP contribution in [0.4, 0.5) is 0 Å². The molecule has 100 valence electrons. The maximum atomic E-state index is 10.1. The van der Waals surface area contributed by atoms with E-state index < -0.39 is 0 Å². The second kappa shape index (κ2) is 5.75. The summed E-state index contributed by atoms with van der Waals surface area (Å²) in [5, 5.41) is 14.1. The molecule has 3 aromatic rings. The predicted molar refractivity (Wildman–Crippen MR) is 80.0 cm³/mol. The van der Waals surface area contributed by atoms with Gasteiger partial charge in [-0.15, -0.1) is 0 Å². The van der Waals surface area contributed by atoms with Gasteiger partial charge in [0, 0.05) is 17.8 Å². The summed E-state index contributed by atoms with van der Waals surface area (Å²) < 4.78 is 5.65. The van der Waals surface area contributed by atoms with E-state index in [-0.39, 0.29) is 5.75 Å². The fourth-order valence-corrected chi connectivity index (χ4v) is 2.53. The lowest BCUT2D eigenvalue weighted by Gasteiger charge is -2.08. The first-order valence-corrected chi connectivity index (χ1v) is 7.15. The highest BCUT2D eigenvalue weighted by molar-refractivity contribution is 7.07. The van der Waals surface area contributed by atoms with E-state index in [1.807, 2.05) is 47.2 Å². The molecular formula is C16H13NO2S. The highest BCUT2D eigenvalue weighted by Crippen LogP contribution is 2.31. The first kappa shape index (κ1) is 12.7. The molecule has 0 fully saturated rings. The predicted octanol–water partition coefficient (Wildman–Crippen LogP) is 4.09. The van der Waals surface area contributed by atoms with Crippen molar-refractivity contribution in [3.05, 3.63) is 65.0 Å². The van der Waals surface area contributed by atoms with Crippen molar-refractivity contribution in [2.75, 3.05) is 0 Å². The normalized spacial score (nSPS) is 10.4. The first-order chi connectivity index (χ1) is 9.83. The zero-order valence-corrected chi connectivity index (χ0v) is 11.5. The number of phenolic OH excluding ortho intramolecular Hbond substituents is 1. The summed E-state index contributed by atoms with van der Waals surface area (Å²) in [4.78, 5) is 4.23. The number of aromatic nitrogens is 1. The summed E-state index contributed by atoms with van der Waals surface area (Å²) in [6.07, 6.45) is 1.70. The molecule has 1 N–H and O–H groups in total. The van der Waals surface area contributed by atoms with E-state index in [1.54, 1.807) is 23.6 Å². The number of pyridine rings is 1. The maximum absolute atomic E-state index is 10.1. The van der Waals surface area contributed by atoms with E-state index in [2.05, 4.69) is 4.98 Å². The molecule has 0 unspecified atom stereocenters. The van der Waals surface area contributed by atoms with Gasteiger partial charge in [-0.3, -0.25) is 4.98 Å². The van der Waals surface area contributed by atoms with Crippen LogP contribution in [0.3, 0.4) is 0 Å². The molecule has 2 heterocycles. The van der Waals surface area contributed by atoms with Crippen LogP contribution >= 0.6 is 11.3 Å². The van der Waals surface area contributed by atoms with Crippen LogP contribution in [0.5, 0.6) is 11.5 Å². The Labute approximate surface area is 121 Å². The smallest absolute Gasteiger partial charge is 0.128 e. The van der Waals surface area contributed by atoms with Crippen molar-refractivity contribution in [3.8, 4) is 22.8 Å². The monoisotopic (exact) mass is 283 g/mol. The summed E-state index contributed by atoms with van der Waals surface area (Å²) in [5.74, 6) is 0.819. The highest BCUT2D eigenvalue weighted by Gasteiger charge is 2.07. The molecule has 0 saturated carbocycles. The molecule has 0 amide bonds. The van der Waals surface area contributed by atoms with Crippen molar-refractivity contribution < 1.29 is 9.84 Å². The Balaban J connectivity index is 1.77. The summed E-state index contributed by atoms with van der Waals surface area (Å²) >= 11 is 1.64. The van der Waals surface area contributed by atoms with Crippen molar-refractivity contribution in [2.45, 2.75) is 6.61 Å². The third kappa shape index (κ3) is 2.81. The number of phenols is 1. The van der Waals surface area contributed by atoms with Gasteiger partial charge in [0.25, 0.3) is 0 Å². The lowest BCUT2D eigenvalue weighted by molar-refractivity contribution is 0.305. The summed E-state index contributed by atoms with van der Waals surface area (Å²) in [7, 11) is 0. The highest BCUT2D eigenvalue weighted by atomic mass is 32.1. The second-order valence-electron chi connectivity index (χ2n) is 4.31. The van der Waals surface area contributed by atoms with Crippen LogP contribution < -0.4 is 4.74 Å². The van der Waals surface area contributed by atoms with Crippen LogP contribution in [0.15, 0.2) is 59.4 Å². The molecule has 0 spiro atoms. The zero-order chi connectivity index (χ0) is 13.8. The van der Waals surface area contributed by atoms with Crippen molar-refractivity contribution in [1.29, 1.82) is 0 Å². The van der Waals surface area contributed by atoms with Gasteiger partial charge in [0.2, 0.25) is 0 Å². The van der Waals surface area contributed by atoms with Gasteiger partial charge in [0.1, 0.15) is 18.1 Å². The van der Waals surface area contributed by atoms with Crippen molar-refractivity contribution in [1.82, 2.24) is 4.98 Å². The zero-order valence-electron chi connectivity index (χ0n) is 10.7. The first-order valence-electron chi connectivity index (χ1n) is 6.21. The molecule has 0 atom stereocenters. The molecule has 2 aromatic heterocycles. The average Bonchev–Trinajstić information content (AvgIpc) is 2.99. The number of nitrogens with zero attached hydrogens (tertiary/aromatic N) is 1. The largest absolute Gasteiger partial charge is 0.507 e. The Morgan fingerprint density at radius 1 is 1.15 bits per heavy atom. The Kier molecular flexibility index (Phi) is 3.65. The van der Waals surface area contributed by atoms with Crippen LogP contribution in [-0.2, 0) is 6.61 Å². The van der Waals surface area contributed by atoms with Crippen molar-refractivity contribution >= 4 is 11.3 Å². The molecule has 4 heteroatoms. The standard InChI is InChI=1S/C16H13NO2S/c18-16-9-13(19-10-12-6-8-20-11-12)4-5-14(16)15-3-1-2-7-17-15/h1-9,11,18H,10H2. The van der Waals surface area contributed by atoms with E-state index >= 15 is 0 Å². The molecule has 0 aliphatic rings. The van der Waals surface area contributed by atoms with Crippen molar-refractivity contribution in [2.24, 2.45) is 0 Å². The van der Waals surface area contributed by atoms with Gasteiger partial charge in [0.05, 0.1) is 5.69 Å². The minimum atomic E-state index is 0.173. The number of ether oxygens (including phenoxy) is 1. The van der Waals surface area contributed by atoms with Gasteiger partial charge in [-0.1, -0.05) is 6.07 Å². The third-order valence-electron chi connectivity index (χ3n) is 2.90. The molecule has 0 aliphatic heterocycles. The van der Waals surface area contributed by atoms with Crippen LogP contribution in [0.25, 0.3) is 11.3 Å². The number of aromatic hydroxyl groups is 1. The Hall–Kier alpha value is -2.33. The number of hydrogen-bond acceptors (Lipinski definition) is 4. The van der Waals surface area contributed by atoms with Crippen molar-refractivity contribution in [3.63, 3.8) is 0 Å². The number of benzene rings is 1. The Morgan fingerprint density at radius 2 is 2.10 bits per heavy atom. The molecule has 0 aliphatic carbocycles. The van der Waals surface area contributed by atoms with E-state index in [9.17, 15) is 5.11 Å². The molecular weight excluding hydrogens is 270 g/mol. The lowest BCUT2D eigenvalue weighted by Crippen LogP contribution is -1.93. The van der Waals surface area contributed by atoms with Crippen LogP contribution in [0, 0.1) is 0 Å². The number of thiophene rings is 1. The lowest BCUT2D eigenvalue weighted by atomic mass is 10.1. The Morgan fingerprint density at radius 3 is 2.80 bits per heavy atom. The van der Waals surface area contributed by atoms with Gasteiger partial charge in [-0.2, -0.15) is 11.3 Å². The fourth-order valence-electron chi connectivity index (χ4n) is 1.88. The molecule has 0 bridgehead atoms. The van der Waals surface area contributed by atoms with Gasteiger partial charge in [-0.05, 0) is 46.7 Å². The molecule has 0 saturated heterocycles. The van der Waals surface area contributed by atoms with Crippen LogP contribution in [0.2, 0.25) is 0 Å². The van der Waals surface area contributed by atoms with E-state index in [0.717, 1.165) is 11.3 Å². The summed E-state index contributed by atoms with van der Waals surface area (Å²) in [6.45, 7) is 0.506. The van der Waals surface area contributed by atoms with Gasteiger partial charge in [-0.25, -0.2) is 0 Å². The Bertz CT molecular complexity index is 681. The minimum Gasteiger partial charge on any atom is -0.507 e. The van der Waals surface area contributed by atoms with E-state index in [4.69, 9.17) is 4.74 Å². The maximum Gasteiger partial charge on any atom is 0.128 e. The third-order valence-corrected chi connectivity index (χ3v) is 3.63. The molecule has 3 nitrogen and oxygen atoms in total. The van der Waals surface area contributed by atoms with Gasteiger partial charge < -0.3 is 9.84 Å². The fraction of sp³-hybridized carbons (Fsp3) is 0.0625. The van der Waals surface area contributed by atoms with E-state index in [0.29, 0.717) is 17.9 Å². The minimum absolute atomic E-state index is 0.173. The molecule has 3 rings (SSSR count). The SMILES string of the molecule is Oc1cc(OCc2ccsc2)ccc1-c1ccccn1. The van der Waals surface area contributed by atoms with Gasteiger partial charge >= 0.3 is 0 Å². The quantitative estimate of drug-likeness (QED) is 0.784. The summed E-state index contributed by atoms with van der Waals surface area (Å²) in [6, 6.07) is 12.9. The summed E-state index contributed by atoms with van der Waals surface area (Å²) in [5.41, 5.74) is 2.58. The second-order valence-corrected chi connectivity index (χ2v) is 5.09. The molecule has 20 heavy (non-hydrogen) atoms.